The largest absolute Gasteiger partial charge is 0.497 e. The number of aromatic nitrogens is 2. The Balaban J connectivity index is 1.58. The van der Waals surface area contributed by atoms with Crippen LogP contribution < -0.4 is 19.1 Å². The number of carbonyl (C=O) groups excluding carboxylic acids is 1. The highest BCUT2D eigenvalue weighted by molar-refractivity contribution is 7.88. The van der Waals surface area contributed by atoms with E-state index in [1.54, 1.807) is 50.7 Å². The fourth-order valence-electron chi connectivity index (χ4n) is 4.40. The second-order valence-electron chi connectivity index (χ2n) is 8.53. The molecule has 9 nitrogen and oxygen atoms in total. The number of ether oxygens (including phenoxy) is 1. The Morgan fingerprint density at radius 1 is 1.03 bits per heavy atom. The topological polar surface area (TPSA) is 114 Å². The number of hydrogen-bond acceptors (Lipinski definition) is 7. The maximum absolute atomic E-state index is 13.7. The molecule has 0 saturated carbocycles. The lowest BCUT2D eigenvalue weighted by Gasteiger charge is -2.41. The van der Waals surface area contributed by atoms with E-state index in [1.807, 2.05) is 41.3 Å². The lowest BCUT2D eigenvalue weighted by Crippen LogP contribution is -2.55. The van der Waals surface area contributed by atoms with Crippen molar-refractivity contribution in [3.8, 4) is 5.75 Å². The van der Waals surface area contributed by atoms with Gasteiger partial charge in [-0.15, -0.1) is 0 Å². The quantitative estimate of drug-likeness (QED) is 0.494. The monoisotopic (exact) mass is 495 g/mol. The molecule has 0 aliphatic carbocycles. The first kappa shape index (κ1) is 24.6. The van der Waals surface area contributed by atoms with Gasteiger partial charge in [-0.2, -0.15) is 13.1 Å². The number of benzene rings is 2. The minimum atomic E-state index is -4.12. The van der Waals surface area contributed by atoms with E-state index in [2.05, 4.69) is 19.4 Å². The third-order valence-corrected chi connectivity index (χ3v) is 7.49. The van der Waals surface area contributed by atoms with E-state index in [0.717, 1.165) is 5.56 Å². The molecule has 1 fully saturated rings. The van der Waals surface area contributed by atoms with Gasteiger partial charge in [0, 0.05) is 31.5 Å². The number of nitrogens with zero attached hydrogens (tertiary/aromatic N) is 3. The Bertz CT molecular complexity index is 1250. The van der Waals surface area contributed by atoms with E-state index in [4.69, 9.17) is 4.74 Å². The maximum Gasteiger partial charge on any atom is 0.301 e. The van der Waals surface area contributed by atoms with Gasteiger partial charge in [0.15, 0.2) is 0 Å². The Kier molecular flexibility index (Phi) is 7.32. The zero-order valence-electron chi connectivity index (χ0n) is 19.7. The van der Waals surface area contributed by atoms with Gasteiger partial charge in [-0.25, -0.2) is 14.7 Å². The molecule has 4 rings (SSSR count). The van der Waals surface area contributed by atoms with Crippen molar-refractivity contribution in [3.63, 3.8) is 0 Å². The van der Waals surface area contributed by atoms with Crippen LogP contribution in [0.1, 0.15) is 36.9 Å². The van der Waals surface area contributed by atoms with E-state index in [0.29, 0.717) is 43.2 Å². The first-order valence-electron chi connectivity index (χ1n) is 11.4. The minimum absolute atomic E-state index is 0.383. The van der Waals surface area contributed by atoms with Crippen LogP contribution in [0.2, 0.25) is 0 Å². The Morgan fingerprint density at radius 2 is 1.71 bits per heavy atom. The average Bonchev–Trinajstić information content (AvgIpc) is 2.89. The van der Waals surface area contributed by atoms with Crippen molar-refractivity contribution < 1.29 is 17.9 Å². The van der Waals surface area contributed by atoms with E-state index >= 15 is 0 Å². The zero-order valence-corrected chi connectivity index (χ0v) is 20.5. The van der Waals surface area contributed by atoms with Crippen LogP contribution in [-0.4, -0.2) is 44.5 Å². The summed E-state index contributed by atoms with van der Waals surface area (Å²) >= 11 is 0. The molecule has 10 heteroatoms. The number of rotatable bonds is 8. The summed E-state index contributed by atoms with van der Waals surface area (Å²) in [6, 6.07) is 17.6. The van der Waals surface area contributed by atoms with E-state index in [1.165, 1.54) is 0 Å². The number of carbonyl (C=O) groups is 1. The number of anilines is 1. The molecule has 3 aromatic rings. The standard InChI is InChI=1S/C25H29N5O4S/c1-19(20-8-4-3-5-9-20)28-35(32,33)29-23(31)25(21-10-6-11-22(18-21)34-2)12-16-30(17-13-25)24-26-14-7-15-27-24/h3-11,14-15,18-19,28H,12-13,16-17H2,1-2H3,(H,29,31). The van der Waals surface area contributed by atoms with Crippen LogP contribution in [0.15, 0.2) is 73.1 Å². The number of nitrogens with one attached hydrogen (secondary N) is 2. The number of methoxy groups -OCH3 is 1. The molecule has 0 bridgehead atoms. The molecule has 184 valence electrons. The highest BCUT2D eigenvalue weighted by Gasteiger charge is 2.45. The van der Waals surface area contributed by atoms with Crippen LogP contribution >= 0.6 is 0 Å². The summed E-state index contributed by atoms with van der Waals surface area (Å²) < 4.78 is 36.1. The van der Waals surface area contributed by atoms with Crippen LogP contribution in [0.4, 0.5) is 5.95 Å². The van der Waals surface area contributed by atoms with Gasteiger partial charge in [-0.05, 0) is 49.1 Å². The molecule has 1 atom stereocenters. The van der Waals surface area contributed by atoms with E-state index in [9.17, 15) is 13.2 Å². The van der Waals surface area contributed by atoms with Gasteiger partial charge in [-0.1, -0.05) is 42.5 Å². The van der Waals surface area contributed by atoms with Gasteiger partial charge in [0.25, 0.3) is 0 Å². The Labute approximate surface area is 205 Å². The Hall–Kier alpha value is -3.50. The van der Waals surface area contributed by atoms with Crippen molar-refractivity contribution in [3.05, 3.63) is 84.2 Å². The summed E-state index contributed by atoms with van der Waals surface area (Å²) in [6.07, 6.45) is 4.11. The molecule has 1 aromatic heterocycles. The third kappa shape index (κ3) is 5.60. The van der Waals surface area contributed by atoms with Gasteiger partial charge in [-0.3, -0.25) is 4.79 Å². The molecule has 35 heavy (non-hydrogen) atoms. The lowest BCUT2D eigenvalue weighted by atomic mass is 9.72. The summed E-state index contributed by atoms with van der Waals surface area (Å²) in [6.45, 7) is 2.71. The normalized spacial score (nSPS) is 16.3. The van der Waals surface area contributed by atoms with Crippen molar-refractivity contribution in [2.75, 3.05) is 25.1 Å². The number of amides is 1. The molecular formula is C25H29N5O4S. The van der Waals surface area contributed by atoms with Crippen LogP contribution in [-0.2, 0) is 20.4 Å². The molecule has 1 unspecified atom stereocenters. The van der Waals surface area contributed by atoms with Crippen molar-refractivity contribution in [2.24, 2.45) is 0 Å². The van der Waals surface area contributed by atoms with Gasteiger partial charge >= 0.3 is 10.2 Å². The highest BCUT2D eigenvalue weighted by atomic mass is 32.2. The fraction of sp³-hybridized carbons (Fsp3) is 0.320. The SMILES string of the molecule is COc1cccc(C2(C(=O)NS(=O)(=O)NC(C)c3ccccc3)CCN(c3ncccn3)CC2)c1. The van der Waals surface area contributed by atoms with Gasteiger partial charge in [0.2, 0.25) is 11.9 Å². The minimum Gasteiger partial charge on any atom is -0.497 e. The first-order chi connectivity index (χ1) is 16.8. The third-order valence-electron chi connectivity index (χ3n) is 6.37. The molecule has 1 aliphatic rings. The molecule has 1 aliphatic heterocycles. The predicted molar refractivity (Wildman–Crippen MR) is 133 cm³/mol. The average molecular weight is 496 g/mol. The smallest absolute Gasteiger partial charge is 0.301 e. The summed E-state index contributed by atoms with van der Waals surface area (Å²) in [5.41, 5.74) is 0.433. The second-order valence-corrected chi connectivity index (χ2v) is 9.98. The Morgan fingerprint density at radius 3 is 2.37 bits per heavy atom. The van der Waals surface area contributed by atoms with Crippen LogP contribution in [0.5, 0.6) is 5.75 Å². The molecule has 2 heterocycles. The molecular weight excluding hydrogens is 466 g/mol. The zero-order chi connectivity index (χ0) is 24.9. The van der Waals surface area contributed by atoms with Gasteiger partial charge < -0.3 is 9.64 Å². The van der Waals surface area contributed by atoms with Crippen molar-refractivity contribution >= 4 is 22.1 Å². The summed E-state index contributed by atoms with van der Waals surface area (Å²) in [5.74, 6) is 0.604. The van der Waals surface area contributed by atoms with E-state index in [-0.39, 0.29) is 0 Å². The van der Waals surface area contributed by atoms with Crippen molar-refractivity contribution in [1.29, 1.82) is 0 Å². The molecule has 0 radical (unpaired) electrons. The number of piperidine rings is 1. The van der Waals surface area contributed by atoms with Gasteiger partial charge in [0.1, 0.15) is 5.75 Å². The second kappa shape index (κ2) is 10.4. The maximum atomic E-state index is 13.7. The molecule has 2 N–H and O–H groups in total. The lowest BCUT2D eigenvalue weighted by molar-refractivity contribution is -0.125. The predicted octanol–water partition coefficient (Wildman–Crippen LogP) is 2.74. The van der Waals surface area contributed by atoms with Gasteiger partial charge in [0.05, 0.1) is 12.5 Å². The molecule has 2 aromatic carbocycles. The van der Waals surface area contributed by atoms with Crippen LogP contribution in [0.25, 0.3) is 0 Å². The summed E-state index contributed by atoms with van der Waals surface area (Å²) in [5, 5.41) is 0. The molecule has 1 amide bonds. The molecule has 0 spiro atoms. The molecule has 1 saturated heterocycles. The summed E-state index contributed by atoms with van der Waals surface area (Å²) in [7, 11) is -2.57. The van der Waals surface area contributed by atoms with Crippen molar-refractivity contribution in [1.82, 2.24) is 19.4 Å². The number of hydrogen-bond donors (Lipinski definition) is 2. The highest BCUT2D eigenvalue weighted by Crippen LogP contribution is 2.38. The first-order valence-corrected chi connectivity index (χ1v) is 12.9. The van der Waals surface area contributed by atoms with E-state index < -0.39 is 27.6 Å². The van der Waals surface area contributed by atoms with Crippen molar-refractivity contribution in [2.45, 2.75) is 31.2 Å². The summed E-state index contributed by atoms with van der Waals surface area (Å²) in [4.78, 5) is 24.3. The van der Waals surface area contributed by atoms with Crippen LogP contribution in [0, 0.1) is 0 Å². The van der Waals surface area contributed by atoms with Crippen LogP contribution in [0.3, 0.4) is 0 Å². The fourth-order valence-corrected chi connectivity index (χ4v) is 5.50.